The maximum Gasteiger partial charge on any atom is 0.263 e. The lowest BCUT2D eigenvalue weighted by Gasteiger charge is -2.21. The normalized spacial score (nSPS) is 10.8. The molecular formula is C26H22Cl2N2O2S. The standard InChI is InChI=1S/C26H22Cl2N2O2S/c1-2-14-30(26-29-23(17-33-26)20-13-12-19(27)15-22(20)28)25(31)21-10-6-7-11-24(21)32-16-18-8-4-3-5-9-18/h3-13,15,17H,2,14,16H2,1H3. The highest BCUT2D eigenvalue weighted by molar-refractivity contribution is 7.14. The zero-order valence-electron chi connectivity index (χ0n) is 18.0. The van der Waals surface area contributed by atoms with Gasteiger partial charge in [0.2, 0.25) is 0 Å². The minimum atomic E-state index is -0.149. The summed E-state index contributed by atoms with van der Waals surface area (Å²) >= 11 is 13.8. The predicted octanol–water partition coefficient (Wildman–Crippen LogP) is 7.75. The second-order valence-electron chi connectivity index (χ2n) is 7.37. The molecule has 0 aliphatic heterocycles. The molecule has 0 fully saturated rings. The number of ether oxygens (including phenoxy) is 1. The van der Waals surface area contributed by atoms with Gasteiger partial charge in [-0.15, -0.1) is 11.3 Å². The number of halogens is 2. The van der Waals surface area contributed by atoms with Gasteiger partial charge in [-0.25, -0.2) is 4.98 Å². The predicted molar refractivity (Wildman–Crippen MR) is 137 cm³/mol. The molecule has 0 unspecified atom stereocenters. The van der Waals surface area contributed by atoms with E-state index in [1.165, 1.54) is 11.3 Å². The first-order valence-corrected chi connectivity index (χ1v) is 12.2. The number of nitrogens with zero attached hydrogens (tertiary/aromatic N) is 2. The quantitative estimate of drug-likeness (QED) is 0.250. The van der Waals surface area contributed by atoms with E-state index in [4.69, 9.17) is 32.9 Å². The Labute approximate surface area is 207 Å². The molecule has 1 heterocycles. The molecule has 168 valence electrons. The molecule has 1 aromatic heterocycles. The molecule has 4 nitrogen and oxygen atoms in total. The highest BCUT2D eigenvalue weighted by atomic mass is 35.5. The number of amides is 1. The van der Waals surface area contributed by atoms with Crippen molar-refractivity contribution in [3.8, 4) is 17.0 Å². The Morgan fingerprint density at radius 2 is 1.79 bits per heavy atom. The SMILES string of the molecule is CCCN(C(=O)c1ccccc1OCc1ccccc1)c1nc(-c2ccc(Cl)cc2Cl)cs1. The Morgan fingerprint density at radius 1 is 1.03 bits per heavy atom. The summed E-state index contributed by atoms with van der Waals surface area (Å²) < 4.78 is 6.02. The van der Waals surface area contributed by atoms with Crippen molar-refractivity contribution in [1.29, 1.82) is 0 Å². The number of para-hydroxylation sites is 1. The van der Waals surface area contributed by atoms with Crippen LogP contribution < -0.4 is 9.64 Å². The Morgan fingerprint density at radius 3 is 2.55 bits per heavy atom. The third kappa shape index (κ3) is 5.56. The van der Waals surface area contributed by atoms with Gasteiger partial charge in [0.25, 0.3) is 5.91 Å². The van der Waals surface area contributed by atoms with Crippen LogP contribution in [0.4, 0.5) is 5.13 Å². The minimum Gasteiger partial charge on any atom is -0.488 e. The van der Waals surface area contributed by atoms with E-state index < -0.39 is 0 Å². The van der Waals surface area contributed by atoms with Crippen LogP contribution in [0, 0.1) is 0 Å². The van der Waals surface area contributed by atoms with Crippen LogP contribution in [0.2, 0.25) is 10.0 Å². The molecule has 4 rings (SSSR count). The number of anilines is 1. The van der Waals surface area contributed by atoms with E-state index in [0.717, 1.165) is 17.5 Å². The number of hydrogen-bond acceptors (Lipinski definition) is 4. The highest BCUT2D eigenvalue weighted by Gasteiger charge is 2.23. The number of thiazole rings is 1. The third-order valence-corrected chi connectivity index (χ3v) is 6.39. The van der Waals surface area contributed by atoms with Crippen LogP contribution in [0.15, 0.2) is 78.2 Å². The number of aromatic nitrogens is 1. The lowest BCUT2D eigenvalue weighted by atomic mass is 10.1. The Balaban J connectivity index is 1.60. The summed E-state index contributed by atoms with van der Waals surface area (Å²) in [6.07, 6.45) is 0.787. The van der Waals surface area contributed by atoms with Crippen LogP contribution in [0.3, 0.4) is 0 Å². The van der Waals surface area contributed by atoms with E-state index in [1.807, 2.05) is 66.9 Å². The largest absolute Gasteiger partial charge is 0.488 e. The summed E-state index contributed by atoms with van der Waals surface area (Å²) in [5.41, 5.74) is 3.02. The molecule has 0 atom stereocenters. The van der Waals surface area contributed by atoms with Crippen molar-refractivity contribution in [2.45, 2.75) is 20.0 Å². The number of carbonyl (C=O) groups excluding carboxylic acids is 1. The monoisotopic (exact) mass is 496 g/mol. The molecule has 0 bridgehead atoms. The van der Waals surface area contributed by atoms with Crippen molar-refractivity contribution in [3.63, 3.8) is 0 Å². The van der Waals surface area contributed by atoms with Crippen molar-refractivity contribution in [1.82, 2.24) is 4.98 Å². The minimum absolute atomic E-state index is 0.149. The zero-order chi connectivity index (χ0) is 23.2. The molecule has 1 amide bonds. The third-order valence-electron chi connectivity index (χ3n) is 4.98. The average Bonchev–Trinajstić information content (AvgIpc) is 3.31. The summed E-state index contributed by atoms with van der Waals surface area (Å²) in [6, 6.07) is 22.5. The van der Waals surface area contributed by atoms with Gasteiger partial charge in [-0.1, -0.05) is 72.6 Å². The van der Waals surface area contributed by atoms with E-state index in [9.17, 15) is 4.79 Å². The first-order valence-electron chi connectivity index (χ1n) is 10.6. The van der Waals surface area contributed by atoms with E-state index >= 15 is 0 Å². The zero-order valence-corrected chi connectivity index (χ0v) is 20.3. The maximum atomic E-state index is 13.6. The van der Waals surface area contributed by atoms with E-state index in [0.29, 0.717) is 45.3 Å². The Hall–Kier alpha value is -2.86. The van der Waals surface area contributed by atoms with Crippen LogP contribution in [0.25, 0.3) is 11.3 Å². The molecule has 3 aromatic carbocycles. The second kappa shape index (κ2) is 10.8. The summed E-state index contributed by atoms with van der Waals surface area (Å²) in [6.45, 7) is 2.95. The number of hydrogen-bond donors (Lipinski definition) is 0. The summed E-state index contributed by atoms with van der Waals surface area (Å²) in [4.78, 5) is 20.0. The van der Waals surface area contributed by atoms with E-state index in [1.54, 1.807) is 23.1 Å². The molecule has 0 saturated carbocycles. The lowest BCUT2D eigenvalue weighted by molar-refractivity contribution is 0.0982. The smallest absolute Gasteiger partial charge is 0.263 e. The molecule has 0 radical (unpaired) electrons. The number of carbonyl (C=O) groups is 1. The summed E-state index contributed by atoms with van der Waals surface area (Å²) in [5, 5.41) is 3.60. The fraction of sp³-hybridized carbons (Fsp3) is 0.154. The molecule has 0 N–H and O–H groups in total. The molecular weight excluding hydrogens is 475 g/mol. The fourth-order valence-corrected chi connectivity index (χ4v) is 4.72. The fourth-order valence-electron chi connectivity index (χ4n) is 3.37. The van der Waals surface area contributed by atoms with Crippen LogP contribution in [-0.2, 0) is 6.61 Å². The molecule has 0 aliphatic rings. The molecule has 0 aliphatic carbocycles. The van der Waals surface area contributed by atoms with Gasteiger partial charge in [0.05, 0.1) is 16.3 Å². The van der Waals surface area contributed by atoms with Crippen molar-refractivity contribution in [2.75, 3.05) is 11.4 Å². The van der Waals surface area contributed by atoms with Crippen LogP contribution in [0.1, 0.15) is 29.3 Å². The van der Waals surface area contributed by atoms with Crippen molar-refractivity contribution in [3.05, 3.63) is 99.3 Å². The molecule has 7 heteroatoms. The first-order chi connectivity index (χ1) is 16.1. The summed E-state index contributed by atoms with van der Waals surface area (Å²) in [7, 11) is 0. The van der Waals surface area contributed by atoms with Crippen molar-refractivity contribution < 1.29 is 9.53 Å². The van der Waals surface area contributed by atoms with Gasteiger partial charge in [-0.05, 0) is 42.3 Å². The lowest BCUT2D eigenvalue weighted by Crippen LogP contribution is -2.32. The number of benzene rings is 3. The van der Waals surface area contributed by atoms with Crippen molar-refractivity contribution in [2.24, 2.45) is 0 Å². The topological polar surface area (TPSA) is 42.4 Å². The molecule has 4 aromatic rings. The first kappa shape index (κ1) is 23.3. The van der Waals surface area contributed by atoms with E-state index in [-0.39, 0.29) is 5.91 Å². The average molecular weight is 497 g/mol. The Kier molecular flexibility index (Phi) is 7.65. The van der Waals surface area contributed by atoms with Gasteiger partial charge in [0, 0.05) is 22.5 Å². The van der Waals surface area contributed by atoms with Gasteiger partial charge < -0.3 is 4.74 Å². The second-order valence-corrected chi connectivity index (χ2v) is 9.05. The molecule has 0 spiro atoms. The number of rotatable bonds is 8. The van der Waals surface area contributed by atoms with Gasteiger partial charge in [0.15, 0.2) is 5.13 Å². The molecule has 33 heavy (non-hydrogen) atoms. The van der Waals surface area contributed by atoms with Crippen LogP contribution >= 0.6 is 34.5 Å². The van der Waals surface area contributed by atoms with E-state index in [2.05, 4.69) is 0 Å². The van der Waals surface area contributed by atoms with Crippen LogP contribution in [0.5, 0.6) is 5.75 Å². The van der Waals surface area contributed by atoms with Crippen molar-refractivity contribution >= 4 is 45.6 Å². The van der Waals surface area contributed by atoms with Crippen LogP contribution in [-0.4, -0.2) is 17.4 Å². The van der Waals surface area contributed by atoms with Gasteiger partial charge in [-0.2, -0.15) is 0 Å². The maximum absolute atomic E-state index is 13.6. The van der Waals surface area contributed by atoms with Gasteiger partial charge in [-0.3, -0.25) is 9.69 Å². The Bertz CT molecular complexity index is 1240. The van der Waals surface area contributed by atoms with Gasteiger partial charge in [0.1, 0.15) is 12.4 Å². The summed E-state index contributed by atoms with van der Waals surface area (Å²) in [5.74, 6) is 0.397. The van der Waals surface area contributed by atoms with Gasteiger partial charge >= 0.3 is 0 Å². The molecule has 0 saturated heterocycles. The highest BCUT2D eigenvalue weighted by Crippen LogP contribution is 2.34.